The molecule has 0 saturated heterocycles. The van der Waals surface area contributed by atoms with E-state index in [2.05, 4.69) is 9.78 Å². The molecule has 0 aliphatic heterocycles. The van der Waals surface area contributed by atoms with E-state index in [-0.39, 0.29) is 6.04 Å². The van der Waals surface area contributed by atoms with E-state index in [1.165, 1.54) is 49.8 Å². The first-order chi connectivity index (χ1) is 7.36. The molecule has 0 aromatic carbocycles. The average Bonchev–Trinajstić information content (AvgIpc) is 2.85. The molecule has 2 aliphatic carbocycles. The first-order valence-electron chi connectivity index (χ1n) is 6.18. The van der Waals surface area contributed by atoms with Crippen LogP contribution in [0.15, 0.2) is 6.20 Å². The van der Waals surface area contributed by atoms with Crippen molar-refractivity contribution in [3.63, 3.8) is 0 Å². The van der Waals surface area contributed by atoms with E-state index in [1.54, 1.807) is 0 Å². The molecule has 1 aromatic heterocycles. The maximum Gasteiger partial charge on any atom is 0.0540 e. The molecule has 0 bridgehead atoms. The van der Waals surface area contributed by atoms with E-state index < -0.39 is 0 Å². The number of nitrogens with two attached hydrogens (primary N) is 1. The van der Waals surface area contributed by atoms with E-state index in [0.717, 1.165) is 6.42 Å². The lowest BCUT2D eigenvalue weighted by Crippen LogP contribution is -2.19. The van der Waals surface area contributed by atoms with Crippen LogP contribution in [0.25, 0.3) is 0 Å². The second-order valence-electron chi connectivity index (χ2n) is 4.93. The van der Waals surface area contributed by atoms with Crippen LogP contribution in [0.1, 0.15) is 61.9 Å². The first-order valence-corrected chi connectivity index (χ1v) is 6.18. The zero-order valence-electron chi connectivity index (χ0n) is 9.15. The van der Waals surface area contributed by atoms with E-state index in [9.17, 15) is 0 Å². The normalized spacial score (nSPS) is 26.9. The fourth-order valence-electron chi connectivity index (χ4n) is 3.08. The summed E-state index contributed by atoms with van der Waals surface area (Å²) in [7, 11) is 0. The number of rotatable bonds is 1. The number of fused-ring (bicyclic) bond motifs is 1. The van der Waals surface area contributed by atoms with Crippen LogP contribution in [-0.2, 0) is 6.42 Å². The van der Waals surface area contributed by atoms with Crippen LogP contribution in [-0.4, -0.2) is 9.78 Å². The smallest absolute Gasteiger partial charge is 0.0540 e. The predicted octanol–water partition coefficient (Wildman–Crippen LogP) is 2.33. The minimum Gasteiger partial charge on any atom is -0.324 e. The van der Waals surface area contributed by atoms with Gasteiger partial charge in [-0.2, -0.15) is 5.10 Å². The molecule has 1 fully saturated rings. The molecule has 15 heavy (non-hydrogen) atoms. The summed E-state index contributed by atoms with van der Waals surface area (Å²) in [6, 6.07) is 0.906. The predicted molar refractivity (Wildman–Crippen MR) is 59.6 cm³/mol. The van der Waals surface area contributed by atoms with Gasteiger partial charge in [-0.25, -0.2) is 0 Å². The van der Waals surface area contributed by atoms with Crippen molar-refractivity contribution in [2.24, 2.45) is 5.73 Å². The number of hydrogen-bond donors (Lipinski definition) is 1. The Morgan fingerprint density at radius 1 is 1.20 bits per heavy atom. The quantitative estimate of drug-likeness (QED) is 0.764. The maximum atomic E-state index is 6.11. The molecule has 2 N–H and O–H groups in total. The minimum absolute atomic E-state index is 0.240. The maximum absolute atomic E-state index is 6.11. The van der Waals surface area contributed by atoms with Crippen molar-refractivity contribution < 1.29 is 0 Å². The fourth-order valence-corrected chi connectivity index (χ4v) is 3.08. The highest BCUT2D eigenvalue weighted by Crippen LogP contribution is 2.34. The van der Waals surface area contributed by atoms with Crippen LogP contribution in [0.5, 0.6) is 0 Å². The van der Waals surface area contributed by atoms with Gasteiger partial charge < -0.3 is 5.73 Å². The number of nitrogens with zero attached hydrogens (tertiary/aromatic N) is 2. The van der Waals surface area contributed by atoms with Crippen molar-refractivity contribution in [3.8, 4) is 0 Å². The van der Waals surface area contributed by atoms with Crippen LogP contribution in [0.4, 0.5) is 0 Å². The van der Waals surface area contributed by atoms with Crippen molar-refractivity contribution in [3.05, 3.63) is 17.5 Å². The van der Waals surface area contributed by atoms with Gasteiger partial charge in [-0.3, -0.25) is 4.68 Å². The topological polar surface area (TPSA) is 43.8 Å². The molecule has 1 aromatic rings. The summed E-state index contributed by atoms with van der Waals surface area (Å²) in [6.45, 7) is 0. The molecule has 1 atom stereocenters. The van der Waals surface area contributed by atoms with Gasteiger partial charge in [0.25, 0.3) is 0 Å². The van der Waals surface area contributed by atoms with Gasteiger partial charge in [-0.05, 0) is 32.1 Å². The molecule has 1 heterocycles. The molecule has 0 unspecified atom stereocenters. The number of aromatic nitrogens is 2. The Kier molecular flexibility index (Phi) is 2.28. The third kappa shape index (κ3) is 1.49. The summed E-state index contributed by atoms with van der Waals surface area (Å²) in [5.74, 6) is 0. The highest BCUT2D eigenvalue weighted by molar-refractivity contribution is 5.25. The first kappa shape index (κ1) is 9.40. The standard InChI is InChI=1S/C12H19N3/c13-11-6-3-7-12-10(11)8-14-15(12)9-4-1-2-5-9/h8-9,11H,1-7,13H2/t11-/m1/s1. The lowest BCUT2D eigenvalue weighted by molar-refractivity contribution is 0.435. The molecule has 3 rings (SSSR count). The molecular formula is C12H19N3. The molecular weight excluding hydrogens is 186 g/mol. The number of hydrogen-bond acceptors (Lipinski definition) is 2. The Balaban J connectivity index is 1.95. The van der Waals surface area contributed by atoms with Gasteiger partial charge in [0.15, 0.2) is 0 Å². The third-order valence-electron chi connectivity index (χ3n) is 3.93. The van der Waals surface area contributed by atoms with Crippen LogP contribution < -0.4 is 5.73 Å². The largest absolute Gasteiger partial charge is 0.324 e. The highest BCUT2D eigenvalue weighted by atomic mass is 15.3. The lowest BCUT2D eigenvalue weighted by atomic mass is 9.93. The van der Waals surface area contributed by atoms with Crippen LogP contribution in [0.2, 0.25) is 0 Å². The molecule has 82 valence electrons. The van der Waals surface area contributed by atoms with Crippen LogP contribution >= 0.6 is 0 Å². The van der Waals surface area contributed by atoms with Gasteiger partial charge >= 0.3 is 0 Å². The zero-order valence-corrected chi connectivity index (χ0v) is 9.15. The second kappa shape index (κ2) is 3.63. The summed E-state index contributed by atoms with van der Waals surface area (Å²) >= 11 is 0. The Hall–Kier alpha value is -0.830. The third-order valence-corrected chi connectivity index (χ3v) is 3.93. The Morgan fingerprint density at radius 3 is 2.80 bits per heavy atom. The summed E-state index contributed by atoms with van der Waals surface area (Å²) in [6.07, 6.45) is 10.9. The summed E-state index contributed by atoms with van der Waals surface area (Å²) in [5, 5.41) is 4.57. The van der Waals surface area contributed by atoms with Crippen molar-refractivity contribution in [1.82, 2.24) is 9.78 Å². The van der Waals surface area contributed by atoms with Crippen LogP contribution in [0.3, 0.4) is 0 Å². The van der Waals surface area contributed by atoms with Gasteiger partial charge in [0.05, 0.1) is 12.2 Å². The Labute approximate surface area is 90.7 Å². The zero-order chi connectivity index (χ0) is 10.3. The van der Waals surface area contributed by atoms with Crippen molar-refractivity contribution in [2.75, 3.05) is 0 Å². The lowest BCUT2D eigenvalue weighted by Gasteiger charge is -2.21. The summed E-state index contributed by atoms with van der Waals surface area (Å²) < 4.78 is 2.28. The van der Waals surface area contributed by atoms with Gasteiger partial charge in [0, 0.05) is 17.3 Å². The van der Waals surface area contributed by atoms with E-state index >= 15 is 0 Å². The fraction of sp³-hybridized carbons (Fsp3) is 0.750. The molecule has 1 saturated carbocycles. The van der Waals surface area contributed by atoms with Crippen LogP contribution in [0, 0.1) is 0 Å². The molecule has 2 aliphatic rings. The van der Waals surface area contributed by atoms with Gasteiger partial charge in [-0.15, -0.1) is 0 Å². The molecule has 3 heteroatoms. The summed E-state index contributed by atoms with van der Waals surface area (Å²) in [5.41, 5.74) is 8.85. The van der Waals surface area contributed by atoms with Crippen molar-refractivity contribution in [1.29, 1.82) is 0 Å². The van der Waals surface area contributed by atoms with E-state index in [0.29, 0.717) is 6.04 Å². The summed E-state index contributed by atoms with van der Waals surface area (Å²) in [4.78, 5) is 0. The molecule has 3 nitrogen and oxygen atoms in total. The molecule has 0 amide bonds. The molecule has 0 radical (unpaired) electrons. The van der Waals surface area contributed by atoms with Gasteiger partial charge in [-0.1, -0.05) is 12.8 Å². The van der Waals surface area contributed by atoms with Crippen molar-refractivity contribution >= 4 is 0 Å². The van der Waals surface area contributed by atoms with E-state index in [4.69, 9.17) is 5.73 Å². The Morgan fingerprint density at radius 2 is 2.00 bits per heavy atom. The van der Waals surface area contributed by atoms with Crippen molar-refractivity contribution in [2.45, 2.75) is 57.0 Å². The highest BCUT2D eigenvalue weighted by Gasteiger charge is 2.26. The average molecular weight is 205 g/mol. The second-order valence-corrected chi connectivity index (χ2v) is 4.93. The molecule has 0 spiro atoms. The van der Waals surface area contributed by atoms with E-state index in [1.807, 2.05) is 6.20 Å². The minimum atomic E-state index is 0.240. The monoisotopic (exact) mass is 205 g/mol. The van der Waals surface area contributed by atoms with Gasteiger partial charge in [0.1, 0.15) is 0 Å². The SMILES string of the molecule is N[C@@H]1CCCc2c1cnn2C1CCCC1. The van der Waals surface area contributed by atoms with Gasteiger partial charge in [0.2, 0.25) is 0 Å². The Bertz CT molecular complexity index is 350.